The van der Waals surface area contributed by atoms with Crippen LogP contribution in [-0.4, -0.2) is 96.7 Å². The van der Waals surface area contributed by atoms with Gasteiger partial charge in [0.25, 0.3) is 0 Å². The fourth-order valence-corrected chi connectivity index (χ4v) is 12.7. The van der Waals surface area contributed by atoms with Crippen LogP contribution < -0.4 is 0 Å². The van der Waals surface area contributed by atoms with Gasteiger partial charge in [0.2, 0.25) is 0 Å². The number of esters is 4. The van der Waals surface area contributed by atoms with E-state index in [1.807, 2.05) is 0 Å². The number of ether oxygens (including phenoxy) is 4. The van der Waals surface area contributed by atoms with E-state index >= 15 is 0 Å². The van der Waals surface area contributed by atoms with Gasteiger partial charge in [-0.1, -0.05) is 324 Å². The van der Waals surface area contributed by atoms with Crippen molar-refractivity contribution >= 4 is 39.5 Å². The summed E-state index contributed by atoms with van der Waals surface area (Å²) in [4.78, 5) is 72.6. The number of hydrogen-bond acceptors (Lipinski definition) is 15. The van der Waals surface area contributed by atoms with Gasteiger partial charge < -0.3 is 33.8 Å². The summed E-state index contributed by atoms with van der Waals surface area (Å²) in [5.41, 5.74) is 0. The van der Waals surface area contributed by atoms with Crippen molar-refractivity contribution in [2.75, 3.05) is 39.6 Å². The Morgan fingerprint density at radius 1 is 0.315 bits per heavy atom. The van der Waals surface area contributed by atoms with Crippen molar-refractivity contribution < 1.29 is 80.2 Å². The number of aliphatic hydroxyl groups excluding tert-OH is 1. The van der Waals surface area contributed by atoms with E-state index in [0.29, 0.717) is 25.7 Å². The largest absolute Gasteiger partial charge is 0.472 e. The van der Waals surface area contributed by atoms with Crippen LogP contribution in [0.15, 0.2) is 0 Å². The van der Waals surface area contributed by atoms with E-state index in [2.05, 4.69) is 41.5 Å². The van der Waals surface area contributed by atoms with Crippen LogP contribution in [0.1, 0.15) is 375 Å². The minimum atomic E-state index is -4.95. The molecule has 3 unspecified atom stereocenters. The van der Waals surface area contributed by atoms with Crippen LogP contribution >= 0.6 is 15.6 Å². The zero-order chi connectivity index (χ0) is 67.9. The molecule has 17 nitrogen and oxygen atoms in total. The van der Waals surface area contributed by atoms with Crippen molar-refractivity contribution in [1.29, 1.82) is 0 Å². The molecule has 0 aliphatic rings. The smallest absolute Gasteiger partial charge is 0.462 e. The van der Waals surface area contributed by atoms with Crippen LogP contribution in [0.25, 0.3) is 0 Å². The molecule has 0 saturated heterocycles. The van der Waals surface area contributed by atoms with Crippen LogP contribution in [0.5, 0.6) is 0 Å². The molecule has 0 fully saturated rings. The molecule has 92 heavy (non-hydrogen) atoms. The topological polar surface area (TPSA) is 237 Å². The van der Waals surface area contributed by atoms with Gasteiger partial charge in [-0.05, 0) is 37.5 Å². The van der Waals surface area contributed by atoms with Gasteiger partial charge >= 0.3 is 39.5 Å². The van der Waals surface area contributed by atoms with Crippen molar-refractivity contribution in [3.63, 3.8) is 0 Å². The number of unbranched alkanes of at least 4 members (excludes halogenated alkanes) is 41. The average molecular weight is 1350 g/mol. The molecule has 0 rings (SSSR count). The maximum atomic E-state index is 13.1. The lowest BCUT2D eigenvalue weighted by molar-refractivity contribution is -0.161. The summed E-state index contributed by atoms with van der Waals surface area (Å²) in [5.74, 6) is -0.543. The zero-order valence-electron chi connectivity index (χ0n) is 59.9. The second-order valence-electron chi connectivity index (χ2n) is 27.1. The molecule has 0 aromatic carbocycles. The number of hydrogen-bond donors (Lipinski definition) is 3. The molecule has 3 N–H and O–H groups in total. The minimum absolute atomic E-state index is 0.105. The number of aliphatic hydroxyl groups is 1. The Kier molecular flexibility index (Phi) is 63.7. The Morgan fingerprint density at radius 3 is 0.826 bits per heavy atom. The van der Waals surface area contributed by atoms with Gasteiger partial charge in [0.15, 0.2) is 12.2 Å². The van der Waals surface area contributed by atoms with E-state index in [-0.39, 0.29) is 25.7 Å². The van der Waals surface area contributed by atoms with Gasteiger partial charge in [0, 0.05) is 25.7 Å². The summed E-state index contributed by atoms with van der Waals surface area (Å²) in [6, 6.07) is 0. The maximum Gasteiger partial charge on any atom is 0.472 e. The third-order valence-electron chi connectivity index (χ3n) is 17.3. The first-order valence-electron chi connectivity index (χ1n) is 38.0. The van der Waals surface area contributed by atoms with Crippen molar-refractivity contribution in [1.82, 2.24) is 0 Å². The summed E-state index contributed by atoms with van der Waals surface area (Å²) >= 11 is 0. The highest BCUT2D eigenvalue weighted by molar-refractivity contribution is 7.47. The van der Waals surface area contributed by atoms with E-state index in [1.54, 1.807) is 0 Å². The maximum absolute atomic E-state index is 13.1. The van der Waals surface area contributed by atoms with Gasteiger partial charge in [0.1, 0.15) is 19.3 Å². The van der Waals surface area contributed by atoms with E-state index in [0.717, 1.165) is 108 Å². The zero-order valence-corrected chi connectivity index (χ0v) is 61.6. The first-order chi connectivity index (χ1) is 44.4. The fraction of sp³-hybridized carbons (Fsp3) is 0.945. The van der Waals surface area contributed by atoms with Gasteiger partial charge in [-0.2, -0.15) is 0 Å². The number of rotatable bonds is 72. The second kappa shape index (κ2) is 65.0. The van der Waals surface area contributed by atoms with Crippen LogP contribution in [0.2, 0.25) is 0 Å². The predicted molar refractivity (Wildman–Crippen MR) is 372 cm³/mol. The molecule has 6 atom stereocenters. The Bertz CT molecular complexity index is 1790. The number of phosphoric ester groups is 2. The number of phosphoric acid groups is 2. The third kappa shape index (κ3) is 65.4. The lowest BCUT2D eigenvalue weighted by atomic mass is 9.99. The van der Waals surface area contributed by atoms with Crippen LogP contribution in [0.4, 0.5) is 0 Å². The minimum Gasteiger partial charge on any atom is -0.462 e. The van der Waals surface area contributed by atoms with E-state index in [1.165, 1.54) is 186 Å². The van der Waals surface area contributed by atoms with Crippen molar-refractivity contribution in [2.45, 2.75) is 394 Å². The highest BCUT2D eigenvalue weighted by Crippen LogP contribution is 2.45. The normalized spacial score (nSPS) is 14.4. The second-order valence-corrected chi connectivity index (χ2v) is 30.0. The first kappa shape index (κ1) is 90.1. The molecule has 0 aromatic heterocycles. The Hall–Kier alpha value is -1.94. The Balaban J connectivity index is 5.20. The third-order valence-corrected chi connectivity index (χ3v) is 19.2. The van der Waals surface area contributed by atoms with E-state index in [9.17, 15) is 43.2 Å². The summed E-state index contributed by atoms with van der Waals surface area (Å²) in [5, 5.41) is 10.6. The van der Waals surface area contributed by atoms with E-state index in [4.69, 9.17) is 37.0 Å². The van der Waals surface area contributed by atoms with Crippen molar-refractivity contribution in [2.24, 2.45) is 11.8 Å². The van der Waals surface area contributed by atoms with Gasteiger partial charge in [0.05, 0.1) is 26.4 Å². The predicted octanol–water partition coefficient (Wildman–Crippen LogP) is 21.2. The van der Waals surface area contributed by atoms with Crippen LogP contribution in [-0.2, 0) is 65.4 Å². The van der Waals surface area contributed by atoms with Crippen molar-refractivity contribution in [3.05, 3.63) is 0 Å². The molecule has 0 amide bonds. The monoisotopic (exact) mass is 1350 g/mol. The molecule has 0 heterocycles. The Morgan fingerprint density at radius 2 is 0.554 bits per heavy atom. The van der Waals surface area contributed by atoms with Crippen molar-refractivity contribution in [3.8, 4) is 0 Å². The lowest BCUT2D eigenvalue weighted by Gasteiger charge is -2.21. The molecule has 0 aromatic rings. The molecule has 0 spiro atoms. The highest BCUT2D eigenvalue weighted by atomic mass is 31.2. The lowest BCUT2D eigenvalue weighted by Crippen LogP contribution is -2.30. The first-order valence-corrected chi connectivity index (χ1v) is 41.0. The van der Waals surface area contributed by atoms with Crippen LogP contribution in [0, 0.1) is 11.8 Å². The highest BCUT2D eigenvalue weighted by Gasteiger charge is 2.30. The molecular weight excluding hydrogens is 1210 g/mol. The molecule has 0 aliphatic heterocycles. The molecule has 0 bridgehead atoms. The van der Waals surface area contributed by atoms with Crippen LogP contribution in [0.3, 0.4) is 0 Å². The number of carbonyl (C=O) groups excluding carboxylic acids is 4. The summed E-state index contributed by atoms with van der Waals surface area (Å²) in [6.45, 7) is 9.57. The van der Waals surface area contributed by atoms with Gasteiger partial charge in [-0.3, -0.25) is 37.3 Å². The molecular formula is C73H142O17P2. The summed E-state index contributed by atoms with van der Waals surface area (Å²) in [7, 11) is -9.90. The molecule has 546 valence electrons. The SMILES string of the molecule is CCCCCCCCCCCCCCCC(=O)OC[C@H](COP(=O)(O)OC[C@@H](O)COP(=O)(O)OC[C@@H](COC(=O)CCCCCCCCCC)OC(=O)CCCCCCCCCCC(C)CC)OC(=O)CCCCCCCCCCCCCCCCCCC(C)C. The average Bonchev–Trinajstić information content (AvgIpc) is 1.63. The molecule has 0 radical (unpaired) electrons. The summed E-state index contributed by atoms with van der Waals surface area (Å²) in [6.07, 6.45) is 51.3. The molecule has 0 aliphatic carbocycles. The standard InChI is InChI=1S/C73H142O17P2/c1-7-10-12-14-16-18-19-24-28-31-38-44-50-56-71(76)84-62-69(89-72(77)57-51-45-39-32-29-26-23-21-20-22-25-27-30-35-41-47-53-65(4)5)64-88-92(81,82)86-60-67(74)59-85-91(79,80)87-63-68(61-83-70(75)55-49-43-37-17-15-13-11-8-2)90-73(78)58-52-46-40-34-33-36-42-48-54-66(6)9-3/h65-69,74H,7-64H2,1-6H3,(H,79,80)(H,81,82)/t66?,67-,68+,69+/m0/s1. The summed E-state index contributed by atoms with van der Waals surface area (Å²) < 4.78 is 68.3. The molecule has 0 saturated carbocycles. The quantitative estimate of drug-likeness (QED) is 0.0222. The Labute approximate surface area is 562 Å². The fourth-order valence-electron chi connectivity index (χ4n) is 11.1. The molecule has 19 heteroatoms. The van der Waals surface area contributed by atoms with Gasteiger partial charge in [-0.25, -0.2) is 9.13 Å². The number of carbonyl (C=O) groups is 4. The van der Waals surface area contributed by atoms with E-state index < -0.39 is 97.5 Å². The van der Waals surface area contributed by atoms with Gasteiger partial charge in [-0.15, -0.1) is 0 Å².